The van der Waals surface area contributed by atoms with Gasteiger partial charge in [-0.1, -0.05) is 30.3 Å². The van der Waals surface area contributed by atoms with E-state index in [2.05, 4.69) is 0 Å². The summed E-state index contributed by atoms with van der Waals surface area (Å²) in [5, 5.41) is 0. The molecule has 5 nitrogen and oxygen atoms in total. The van der Waals surface area contributed by atoms with Crippen LogP contribution in [0.25, 0.3) is 0 Å². The van der Waals surface area contributed by atoms with Crippen molar-refractivity contribution in [3.63, 3.8) is 0 Å². The molecule has 0 bridgehead atoms. The summed E-state index contributed by atoms with van der Waals surface area (Å²) in [5.41, 5.74) is 0.730. The summed E-state index contributed by atoms with van der Waals surface area (Å²) in [6.45, 7) is 7.95. The van der Waals surface area contributed by atoms with Gasteiger partial charge in [-0.25, -0.2) is 4.79 Å². The first-order valence-corrected chi connectivity index (χ1v) is 9.53. The molecule has 0 heterocycles. The van der Waals surface area contributed by atoms with E-state index in [-0.39, 0.29) is 18.0 Å². The molecule has 5 heteroatoms. The van der Waals surface area contributed by atoms with Crippen LogP contribution in [-0.2, 0) is 14.3 Å². The fraction of sp³-hybridized carbons (Fsp3) is 0.391. The Morgan fingerprint density at radius 2 is 1.50 bits per heavy atom. The molecule has 0 aliphatic rings. The number of carbonyl (C=O) groups is 2. The van der Waals surface area contributed by atoms with Crippen LogP contribution in [0.5, 0.6) is 5.75 Å². The molecule has 2 rings (SSSR count). The Balaban J connectivity index is 2.21. The maximum absolute atomic E-state index is 12.3. The molecule has 0 N–H and O–H groups in total. The van der Waals surface area contributed by atoms with Crippen molar-refractivity contribution < 1.29 is 23.8 Å². The quantitative estimate of drug-likeness (QED) is 0.572. The summed E-state index contributed by atoms with van der Waals surface area (Å²) in [4.78, 5) is 24.1. The van der Waals surface area contributed by atoms with Gasteiger partial charge in [0.25, 0.3) is 0 Å². The van der Waals surface area contributed by atoms with Crippen molar-refractivity contribution in [3.8, 4) is 5.75 Å². The maximum Gasteiger partial charge on any atom is 0.338 e. The van der Waals surface area contributed by atoms with Crippen LogP contribution in [0.15, 0.2) is 54.6 Å². The first kappa shape index (κ1) is 21.5. The SMILES string of the molecule is CCOC(=O)c1ccc(OC(CC(C)(C)C(=O)OCC)c2ccccc2)cc1. The molecule has 0 aromatic heterocycles. The van der Waals surface area contributed by atoms with E-state index in [0.717, 1.165) is 5.56 Å². The number of carbonyl (C=O) groups excluding carboxylic acids is 2. The van der Waals surface area contributed by atoms with E-state index < -0.39 is 5.41 Å². The van der Waals surface area contributed by atoms with Crippen molar-refractivity contribution in [3.05, 3.63) is 65.7 Å². The number of hydrogen-bond acceptors (Lipinski definition) is 5. The first-order valence-electron chi connectivity index (χ1n) is 9.53. The molecule has 1 unspecified atom stereocenters. The molecule has 150 valence electrons. The lowest BCUT2D eigenvalue weighted by molar-refractivity contribution is -0.155. The van der Waals surface area contributed by atoms with Gasteiger partial charge in [0, 0.05) is 6.42 Å². The minimum atomic E-state index is -0.707. The van der Waals surface area contributed by atoms with E-state index in [1.54, 1.807) is 38.1 Å². The summed E-state index contributed by atoms with van der Waals surface area (Å²) < 4.78 is 16.4. The Hall–Kier alpha value is -2.82. The van der Waals surface area contributed by atoms with E-state index in [4.69, 9.17) is 14.2 Å². The van der Waals surface area contributed by atoms with E-state index in [9.17, 15) is 9.59 Å². The van der Waals surface area contributed by atoms with Crippen LogP contribution in [0.3, 0.4) is 0 Å². The fourth-order valence-electron chi connectivity index (χ4n) is 2.82. The van der Waals surface area contributed by atoms with E-state index >= 15 is 0 Å². The Morgan fingerprint density at radius 1 is 0.893 bits per heavy atom. The third-order valence-corrected chi connectivity index (χ3v) is 4.34. The van der Waals surface area contributed by atoms with Gasteiger partial charge in [0.1, 0.15) is 11.9 Å². The highest BCUT2D eigenvalue weighted by Gasteiger charge is 2.34. The lowest BCUT2D eigenvalue weighted by atomic mass is 9.84. The molecule has 0 fully saturated rings. The van der Waals surface area contributed by atoms with Crippen LogP contribution < -0.4 is 4.74 Å². The molecular formula is C23H28O5. The van der Waals surface area contributed by atoms with E-state index in [1.165, 1.54) is 0 Å². The molecule has 2 aromatic rings. The standard InChI is InChI=1S/C23H28O5/c1-5-26-21(24)18-12-14-19(15-13-18)28-20(17-10-8-7-9-11-17)16-23(3,4)22(25)27-6-2/h7-15,20H,5-6,16H2,1-4H3. The van der Waals surface area contributed by atoms with Crippen molar-refractivity contribution in [1.82, 2.24) is 0 Å². The lowest BCUT2D eigenvalue weighted by Gasteiger charge is -2.28. The van der Waals surface area contributed by atoms with Crippen molar-refractivity contribution in [1.29, 1.82) is 0 Å². The molecule has 0 spiro atoms. The molecule has 1 atom stereocenters. The van der Waals surface area contributed by atoms with Crippen LogP contribution in [0, 0.1) is 5.41 Å². The Labute approximate surface area is 166 Å². The van der Waals surface area contributed by atoms with Gasteiger partial charge in [-0.15, -0.1) is 0 Å². The smallest absolute Gasteiger partial charge is 0.338 e. The third-order valence-electron chi connectivity index (χ3n) is 4.34. The summed E-state index contributed by atoms with van der Waals surface area (Å²) in [5.74, 6) is -0.00384. The van der Waals surface area contributed by atoms with Gasteiger partial charge >= 0.3 is 11.9 Å². The van der Waals surface area contributed by atoms with Crippen LogP contribution in [0.2, 0.25) is 0 Å². The minimum Gasteiger partial charge on any atom is -0.486 e. The van der Waals surface area contributed by atoms with Crippen LogP contribution in [-0.4, -0.2) is 25.2 Å². The highest BCUT2D eigenvalue weighted by atomic mass is 16.5. The minimum absolute atomic E-state index is 0.253. The number of hydrogen-bond donors (Lipinski definition) is 0. The predicted octanol–water partition coefficient (Wildman–Crippen LogP) is 4.96. The van der Waals surface area contributed by atoms with Gasteiger partial charge < -0.3 is 14.2 Å². The molecule has 0 amide bonds. The number of rotatable bonds is 9. The fourth-order valence-corrected chi connectivity index (χ4v) is 2.82. The number of esters is 2. The molecule has 0 radical (unpaired) electrons. The van der Waals surface area contributed by atoms with Crippen LogP contribution in [0.4, 0.5) is 0 Å². The predicted molar refractivity (Wildman–Crippen MR) is 107 cm³/mol. The Kier molecular flexibility index (Phi) is 7.61. The van der Waals surface area contributed by atoms with Gasteiger partial charge in [-0.2, -0.15) is 0 Å². The van der Waals surface area contributed by atoms with Gasteiger partial charge in [-0.3, -0.25) is 4.79 Å². The van der Waals surface area contributed by atoms with Gasteiger partial charge in [0.05, 0.1) is 24.2 Å². The largest absolute Gasteiger partial charge is 0.486 e. The molecule has 28 heavy (non-hydrogen) atoms. The molecule has 2 aromatic carbocycles. The highest BCUT2D eigenvalue weighted by molar-refractivity contribution is 5.89. The molecule has 0 aliphatic carbocycles. The van der Waals surface area contributed by atoms with Gasteiger partial charge in [0.15, 0.2) is 0 Å². The number of ether oxygens (including phenoxy) is 3. The van der Waals surface area contributed by atoms with E-state index in [1.807, 2.05) is 44.2 Å². The maximum atomic E-state index is 12.3. The van der Waals surface area contributed by atoms with Crippen molar-refractivity contribution in [2.24, 2.45) is 5.41 Å². The summed E-state index contributed by atoms with van der Waals surface area (Å²) in [6.07, 6.45) is 0.115. The zero-order chi connectivity index (χ0) is 20.6. The zero-order valence-corrected chi connectivity index (χ0v) is 16.9. The topological polar surface area (TPSA) is 61.8 Å². The van der Waals surface area contributed by atoms with Crippen molar-refractivity contribution in [2.75, 3.05) is 13.2 Å². The van der Waals surface area contributed by atoms with E-state index in [0.29, 0.717) is 30.9 Å². The Morgan fingerprint density at radius 3 is 2.07 bits per heavy atom. The third kappa shape index (κ3) is 5.84. The molecule has 0 saturated carbocycles. The summed E-state index contributed by atoms with van der Waals surface area (Å²) >= 11 is 0. The summed E-state index contributed by atoms with van der Waals surface area (Å²) in [6, 6.07) is 16.6. The van der Waals surface area contributed by atoms with Crippen molar-refractivity contribution in [2.45, 2.75) is 40.2 Å². The van der Waals surface area contributed by atoms with Crippen LogP contribution in [0.1, 0.15) is 56.1 Å². The second-order valence-electron chi connectivity index (χ2n) is 7.07. The van der Waals surface area contributed by atoms with Crippen molar-refractivity contribution >= 4 is 11.9 Å². The molecule has 0 saturated heterocycles. The average Bonchev–Trinajstić information content (AvgIpc) is 2.69. The highest BCUT2D eigenvalue weighted by Crippen LogP contribution is 2.34. The Bertz CT molecular complexity index is 765. The second-order valence-corrected chi connectivity index (χ2v) is 7.07. The summed E-state index contributed by atoms with van der Waals surface area (Å²) in [7, 11) is 0. The van der Waals surface area contributed by atoms with Crippen LogP contribution >= 0.6 is 0 Å². The lowest BCUT2D eigenvalue weighted by Crippen LogP contribution is -2.30. The molecule has 0 aliphatic heterocycles. The second kappa shape index (κ2) is 9.93. The van der Waals surface area contributed by atoms with Gasteiger partial charge in [0.2, 0.25) is 0 Å². The monoisotopic (exact) mass is 384 g/mol. The number of benzene rings is 2. The average molecular weight is 384 g/mol. The molecular weight excluding hydrogens is 356 g/mol. The normalized spacial score (nSPS) is 12.1. The first-order chi connectivity index (χ1) is 13.4. The van der Waals surface area contributed by atoms with Gasteiger partial charge in [-0.05, 0) is 57.5 Å². The zero-order valence-electron chi connectivity index (χ0n) is 16.9.